The Kier molecular flexibility index (Phi) is 5.24. The van der Waals surface area contributed by atoms with Gasteiger partial charge in [-0.3, -0.25) is 4.79 Å². The van der Waals surface area contributed by atoms with Crippen molar-refractivity contribution < 1.29 is 17.9 Å². The van der Waals surface area contributed by atoms with Crippen molar-refractivity contribution in [2.24, 2.45) is 4.40 Å². The average molecular weight is 421 g/mol. The van der Waals surface area contributed by atoms with Gasteiger partial charge >= 0.3 is 0 Å². The van der Waals surface area contributed by atoms with E-state index < -0.39 is 10.0 Å². The number of benzene rings is 3. The monoisotopic (exact) mass is 421 g/mol. The molecule has 1 amide bonds. The van der Waals surface area contributed by atoms with Gasteiger partial charge in [0.15, 0.2) is 5.84 Å². The Morgan fingerprint density at radius 1 is 0.933 bits per heavy atom. The molecule has 1 aliphatic heterocycles. The Morgan fingerprint density at radius 2 is 1.60 bits per heavy atom. The second-order valence-electron chi connectivity index (χ2n) is 6.52. The molecule has 0 aromatic heterocycles. The van der Waals surface area contributed by atoms with Crippen molar-refractivity contribution in [1.82, 2.24) is 0 Å². The predicted octanol–water partition coefficient (Wildman–Crippen LogP) is 3.90. The summed E-state index contributed by atoms with van der Waals surface area (Å²) in [6, 6.07) is 20.5. The van der Waals surface area contributed by atoms with Crippen molar-refractivity contribution in [3.05, 3.63) is 83.9 Å². The molecule has 1 heterocycles. The number of anilines is 2. The number of nitrogens with one attached hydrogen (secondary N) is 2. The van der Waals surface area contributed by atoms with Crippen molar-refractivity contribution in [3.63, 3.8) is 0 Å². The molecule has 0 unspecified atom stereocenters. The lowest BCUT2D eigenvalue weighted by molar-refractivity contribution is 0.102. The number of amidine groups is 1. The van der Waals surface area contributed by atoms with Crippen LogP contribution in [-0.2, 0) is 10.0 Å². The SMILES string of the molecule is CCOc1ccc(NC(=O)c2ccc(NC3=NS(=O)(=O)c4ccccc43)cc2)cc1. The molecule has 4 rings (SSSR count). The van der Waals surface area contributed by atoms with Gasteiger partial charge in [-0.05, 0) is 67.6 Å². The number of carbonyl (C=O) groups is 1. The third kappa shape index (κ3) is 4.04. The number of amides is 1. The average Bonchev–Trinajstić information content (AvgIpc) is 3.00. The van der Waals surface area contributed by atoms with Crippen LogP contribution in [0.25, 0.3) is 0 Å². The van der Waals surface area contributed by atoms with E-state index in [1.165, 1.54) is 6.07 Å². The predicted molar refractivity (Wildman–Crippen MR) is 116 cm³/mol. The normalized spacial score (nSPS) is 13.8. The van der Waals surface area contributed by atoms with Crippen LogP contribution in [0.2, 0.25) is 0 Å². The summed E-state index contributed by atoms with van der Waals surface area (Å²) in [5.74, 6) is 0.748. The minimum atomic E-state index is -3.69. The zero-order valence-electron chi connectivity index (χ0n) is 16.1. The number of fused-ring (bicyclic) bond motifs is 1. The van der Waals surface area contributed by atoms with E-state index in [0.29, 0.717) is 29.1 Å². The number of hydrogen-bond donors (Lipinski definition) is 2. The van der Waals surface area contributed by atoms with Gasteiger partial charge in [-0.1, -0.05) is 12.1 Å². The van der Waals surface area contributed by atoms with E-state index in [0.717, 1.165) is 5.75 Å². The first-order valence-electron chi connectivity index (χ1n) is 9.32. The van der Waals surface area contributed by atoms with Crippen molar-refractivity contribution in [2.45, 2.75) is 11.8 Å². The smallest absolute Gasteiger partial charge is 0.285 e. The highest BCUT2D eigenvalue weighted by molar-refractivity contribution is 7.90. The summed E-state index contributed by atoms with van der Waals surface area (Å²) < 4.78 is 33.5. The van der Waals surface area contributed by atoms with Crippen LogP contribution in [0, 0.1) is 0 Å². The fourth-order valence-electron chi connectivity index (χ4n) is 3.04. The zero-order chi connectivity index (χ0) is 21.1. The van der Waals surface area contributed by atoms with E-state index in [1.54, 1.807) is 66.7 Å². The summed E-state index contributed by atoms with van der Waals surface area (Å²) in [6.45, 7) is 2.49. The van der Waals surface area contributed by atoms with Gasteiger partial charge in [0.25, 0.3) is 15.9 Å². The van der Waals surface area contributed by atoms with Gasteiger partial charge in [0, 0.05) is 22.5 Å². The maximum Gasteiger partial charge on any atom is 0.285 e. The number of hydrogen-bond acceptors (Lipinski definition) is 5. The molecule has 0 saturated carbocycles. The van der Waals surface area contributed by atoms with Crippen molar-refractivity contribution in [2.75, 3.05) is 17.2 Å². The molecular weight excluding hydrogens is 402 g/mol. The van der Waals surface area contributed by atoms with Crippen LogP contribution in [0.3, 0.4) is 0 Å². The van der Waals surface area contributed by atoms with Gasteiger partial charge in [-0.15, -0.1) is 4.40 Å². The molecule has 2 N–H and O–H groups in total. The number of ether oxygens (including phenoxy) is 1. The molecule has 0 radical (unpaired) electrons. The van der Waals surface area contributed by atoms with Crippen LogP contribution in [0.5, 0.6) is 5.75 Å². The number of sulfonamides is 1. The summed E-state index contributed by atoms with van der Waals surface area (Å²) in [7, 11) is -3.69. The lowest BCUT2D eigenvalue weighted by Gasteiger charge is -2.09. The van der Waals surface area contributed by atoms with E-state index in [4.69, 9.17) is 4.74 Å². The third-order valence-corrected chi connectivity index (χ3v) is 5.80. The van der Waals surface area contributed by atoms with Crippen molar-refractivity contribution in [1.29, 1.82) is 0 Å². The summed E-state index contributed by atoms with van der Waals surface area (Å²) in [5, 5.41) is 5.84. The number of rotatable bonds is 5. The molecule has 0 atom stereocenters. The van der Waals surface area contributed by atoms with E-state index in [1.807, 2.05) is 6.92 Å². The van der Waals surface area contributed by atoms with Crippen LogP contribution in [-0.4, -0.2) is 26.8 Å². The molecule has 0 fully saturated rings. The lowest BCUT2D eigenvalue weighted by Crippen LogP contribution is -2.13. The van der Waals surface area contributed by atoms with Crippen LogP contribution >= 0.6 is 0 Å². The highest BCUT2D eigenvalue weighted by atomic mass is 32.2. The minimum Gasteiger partial charge on any atom is -0.494 e. The van der Waals surface area contributed by atoms with Crippen LogP contribution in [0.4, 0.5) is 11.4 Å². The van der Waals surface area contributed by atoms with E-state index in [-0.39, 0.29) is 16.6 Å². The third-order valence-electron chi connectivity index (χ3n) is 4.46. The Bertz CT molecular complexity index is 1220. The highest BCUT2D eigenvalue weighted by Gasteiger charge is 2.28. The molecule has 0 saturated heterocycles. The number of carbonyl (C=O) groups excluding carboxylic acids is 1. The molecule has 1 aliphatic rings. The molecule has 8 heteroatoms. The lowest BCUT2D eigenvalue weighted by atomic mass is 10.1. The van der Waals surface area contributed by atoms with E-state index >= 15 is 0 Å². The molecule has 0 bridgehead atoms. The Hall–Kier alpha value is -3.65. The summed E-state index contributed by atoms with van der Waals surface area (Å²) >= 11 is 0. The second-order valence-corrected chi connectivity index (χ2v) is 8.10. The van der Waals surface area contributed by atoms with Crippen LogP contribution < -0.4 is 15.4 Å². The standard InChI is InChI=1S/C22H19N3O4S/c1-2-29-18-13-11-17(12-14-18)24-22(26)15-7-9-16(10-8-15)23-21-19-5-3-4-6-20(19)30(27,28)25-21/h3-14H,2H2,1H3,(H,23,25)(H,24,26). The Balaban J connectivity index is 1.45. The maximum atomic E-state index is 12.5. The Labute approximate surface area is 174 Å². The first kappa shape index (κ1) is 19.7. The zero-order valence-corrected chi connectivity index (χ0v) is 16.9. The van der Waals surface area contributed by atoms with Crippen LogP contribution in [0.15, 0.2) is 82.1 Å². The second kappa shape index (κ2) is 8.00. The summed E-state index contributed by atoms with van der Waals surface area (Å²) in [4.78, 5) is 12.6. The fourth-order valence-corrected chi connectivity index (χ4v) is 4.22. The Morgan fingerprint density at radius 3 is 2.30 bits per heavy atom. The topological polar surface area (TPSA) is 96.9 Å². The first-order chi connectivity index (χ1) is 14.5. The summed E-state index contributed by atoms with van der Waals surface area (Å²) in [6.07, 6.45) is 0. The van der Waals surface area contributed by atoms with Gasteiger partial charge in [-0.25, -0.2) is 0 Å². The molecule has 0 aliphatic carbocycles. The molecule has 7 nitrogen and oxygen atoms in total. The van der Waals surface area contributed by atoms with Gasteiger partial charge in [0.2, 0.25) is 0 Å². The van der Waals surface area contributed by atoms with Gasteiger partial charge in [-0.2, -0.15) is 8.42 Å². The molecule has 3 aromatic rings. The van der Waals surface area contributed by atoms with E-state index in [2.05, 4.69) is 15.0 Å². The molecular formula is C22H19N3O4S. The number of nitrogens with zero attached hydrogens (tertiary/aromatic N) is 1. The maximum absolute atomic E-state index is 12.5. The van der Waals surface area contributed by atoms with Gasteiger partial charge in [0.05, 0.1) is 6.61 Å². The quantitative estimate of drug-likeness (QED) is 0.651. The molecule has 3 aromatic carbocycles. The van der Waals surface area contributed by atoms with E-state index in [9.17, 15) is 13.2 Å². The molecule has 30 heavy (non-hydrogen) atoms. The molecule has 0 spiro atoms. The van der Waals surface area contributed by atoms with Crippen LogP contribution in [0.1, 0.15) is 22.8 Å². The highest BCUT2D eigenvalue weighted by Crippen LogP contribution is 2.26. The summed E-state index contributed by atoms with van der Waals surface area (Å²) in [5.41, 5.74) is 2.27. The van der Waals surface area contributed by atoms with Gasteiger partial charge in [0.1, 0.15) is 10.6 Å². The van der Waals surface area contributed by atoms with Gasteiger partial charge < -0.3 is 15.4 Å². The van der Waals surface area contributed by atoms with Crippen molar-refractivity contribution in [3.8, 4) is 5.75 Å². The fraction of sp³-hybridized carbons (Fsp3) is 0.0909. The largest absolute Gasteiger partial charge is 0.494 e. The first-order valence-corrected chi connectivity index (χ1v) is 10.8. The molecule has 152 valence electrons. The van der Waals surface area contributed by atoms with Crippen molar-refractivity contribution >= 4 is 33.1 Å². The minimum absolute atomic E-state index is 0.179.